The number of hydrogen-bond donors (Lipinski definition) is 1. The molecule has 1 N–H and O–H groups in total. The highest BCUT2D eigenvalue weighted by Crippen LogP contribution is 2.26. The standard InChI is InChI=1S/C9H11N5O/c1-13-8(15)6-7(12-5-11-6)14-4-2-3-10-9(13)14/h5H,2-4H2,1H3,(H,11,12). The molecule has 6 nitrogen and oxygen atoms in total. The molecule has 6 heteroatoms. The maximum absolute atomic E-state index is 11.9. The first kappa shape index (κ1) is 8.46. The topological polar surface area (TPSA) is 64.6 Å². The van der Waals surface area contributed by atoms with E-state index in [1.807, 2.05) is 4.90 Å². The Kier molecular flexibility index (Phi) is 1.59. The monoisotopic (exact) mass is 205 g/mol. The predicted molar refractivity (Wildman–Crippen MR) is 54.9 cm³/mol. The fraction of sp³-hybridized carbons (Fsp3) is 0.444. The van der Waals surface area contributed by atoms with Crippen molar-refractivity contribution in [2.75, 3.05) is 25.0 Å². The van der Waals surface area contributed by atoms with Gasteiger partial charge >= 0.3 is 0 Å². The van der Waals surface area contributed by atoms with Crippen LogP contribution in [0.4, 0.5) is 5.82 Å². The second-order valence-corrected chi connectivity index (χ2v) is 3.65. The lowest BCUT2D eigenvalue weighted by molar-refractivity contribution is 0.0858. The number of fused-ring (bicyclic) bond motifs is 3. The van der Waals surface area contributed by atoms with E-state index in [-0.39, 0.29) is 5.91 Å². The molecule has 1 amide bonds. The normalized spacial score (nSPS) is 19.8. The third-order valence-electron chi connectivity index (χ3n) is 2.73. The van der Waals surface area contributed by atoms with Gasteiger partial charge in [0.1, 0.15) is 5.69 Å². The van der Waals surface area contributed by atoms with E-state index in [2.05, 4.69) is 15.0 Å². The Morgan fingerprint density at radius 2 is 2.40 bits per heavy atom. The summed E-state index contributed by atoms with van der Waals surface area (Å²) in [7, 11) is 1.74. The molecule has 3 heterocycles. The maximum Gasteiger partial charge on any atom is 0.280 e. The number of amides is 1. The van der Waals surface area contributed by atoms with E-state index < -0.39 is 0 Å². The largest absolute Gasteiger partial charge is 0.339 e. The second kappa shape index (κ2) is 2.82. The molecule has 3 rings (SSSR count). The summed E-state index contributed by atoms with van der Waals surface area (Å²) in [5.41, 5.74) is 0.554. The third kappa shape index (κ3) is 1.01. The van der Waals surface area contributed by atoms with Crippen LogP contribution in [0.1, 0.15) is 16.9 Å². The molecule has 2 aliphatic rings. The van der Waals surface area contributed by atoms with E-state index in [0.717, 1.165) is 19.5 Å². The quantitative estimate of drug-likeness (QED) is 0.651. The Bertz CT molecular complexity index is 449. The van der Waals surface area contributed by atoms with Crippen LogP contribution in [-0.4, -0.2) is 46.9 Å². The van der Waals surface area contributed by atoms with Gasteiger partial charge in [-0.3, -0.25) is 19.6 Å². The Balaban J connectivity index is 2.18. The third-order valence-corrected chi connectivity index (χ3v) is 2.73. The van der Waals surface area contributed by atoms with Gasteiger partial charge in [-0.1, -0.05) is 0 Å². The van der Waals surface area contributed by atoms with Crippen molar-refractivity contribution in [3.05, 3.63) is 12.0 Å². The maximum atomic E-state index is 11.9. The van der Waals surface area contributed by atoms with Gasteiger partial charge in [0.25, 0.3) is 5.91 Å². The number of aromatic amines is 1. The highest BCUT2D eigenvalue weighted by molar-refractivity contribution is 6.17. The Morgan fingerprint density at radius 1 is 1.53 bits per heavy atom. The van der Waals surface area contributed by atoms with Gasteiger partial charge in [-0.15, -0.1) is 0 Å². The van der Waals surface area contributed by atoms with Gasteiger partial charge in [0.05, 0.1) is 6.33 Å². The summed E-state index contributed by atoms with van der Waals surface area (Å²) in [5.74, 6) is 1.35. The Hall–Kier alpha value is -1.85. The number of anilines is 1. The fourth-order valence-electron chi connectivity index (χ4n) is 1.99. The zero-order chi connectivity index (χ0) is 10.4. The van der Waals surface area contributed by atoms with Crippen molar-refractivity contribution in [2.24, 2.45) is 4.99 Å². The fourth-order valence-corrected chi connectivity index (χ4v) is 1.99. The molecule has 0 aromatic carbocycles. The molecule has 1 aromatic heterocycles. The van der Waals surface area contributed by atoms with Gasteiger partial charge < -0.3 is 4.98 Å². The molecule has 0 saturated heterocycles. The smallest absolute Gasteiger partial charge is 0.280 e. The van der Waals surface area contributed by atoms with E-state index in [1.165, 1.54) is 0 Å². The number of hydrogen-bond acceptors (Lipinski definition) is 4. The van der Waals surface area contributed by atoms with Crippen LogP contribution in [0.5, 0.6) is 0 Å². The number of rotatable bonds is 0. The summed E-state index contributed by atoms with van der Waals surface area (Å²) in [5, 5.41) is 0. The number of carbonyl (C=O) groups is 1. The molecule has 0 saturated carbocycles. The summed E-state index contributed by atoms with van der Waals surface area (Å²) < 4.78 is 0. The number of aromatic nitrogens is 2. The van der Waals surface area contributed by atoms with Crippen molar-refractivity contribution in [3.8, 4) is 0 Å². The molecule has 15 heavy (non-hydrogen) atoms. The number of nitrogens with one attached hydrogen (secondary N) is 1. The highest BCUT2D eigenvalue weighted by atomic mass is 16.2. The lowest BCUT2D eigenvalue weighted by Gasteiger charge is -2.36. The molecule has 2 aliphatic heterocycles. The van der Waals surface area contributed by atoms with Crippen LogP contribution in [0.15, 0.2) is 11.3 Å². The first-order chi connectivity index (χ1) is 7.29. The molecule has 0 aliphatic carbocycles. The van der Waals surface area contributed by atoms with Crippen molar-refractivity contribution in [2.45, 2.75) is 6.42 Å². The summed E-state index contributed by atoms with van der Waals surface area (Å²) in [6.07, 6.45) is 2.55. The van der Waals surface area contributed by atoms with Gasteiger partial charge in [0, 0.05) is 20.1 Å². The molecule has 0 atom stereocenters. The number of H-pyrrole nitrogens is 1. The minimum atomic E-state index is -0.0700. The van der Waals surface area contributed by atoms with Crippen LogP contribution in [0, 0.1) is 0 Å². The van der Waals surface area contributed by atoms with Crippen LogP contribution in [-0.2, 0) is 0 Å². The van der Waals surface area contributed by atoms with Crippen molar-refractivity contribution < 1.29 is 4.79 Å². The molecular weight excluding hydrogens is 194 g/mol. The molecule has 0 fully saturated rings. The summed E-state index contributed by atoms with van der Waals surface area (Å²) in [6.45, 7) is 1.65. The lowest BCUT2D eigenvalue weighted by Crippen LogP contribution is -2.52. The SMILES string of the molecule is CN1C(=O)c2[nH]cnc2N2CCCN=C12. The zero-order valence-corrected chi connectivity index (χ0v) is 8.40. The number of aliphatic imine (C=N–C) groups is 1. The van der Waals surface area contributed by atoms with Crippen molar-refractivity contribution in [1.29, 1.82) is 0 Å². The van der Waals surface area contributed by atoms with E-state index in [9.17, 15) is 4.79 Å². The molecule has 0 unspecified atom stereocenters. The number of carbonyl (C=O) groups excluding carboxylic acids is 1. The number of imidazole rings is 1. The van der Waals surface area contributed by atoms with Crippen LogP contribution in [0.25, 0.3) is 0 Å². The summed E-state index contributed by atoms with van der Waals surface area (Å²) >= 11 is 0. The van der Waals surface area contributed by atoms with Gasteiger partial charge in [-0.05, 0) is 6.42 Å². The first-order valence-electron chi connectivity index (χ1n) is 4.92. The van der Waals surface area contributed by atoms with Gasteiger partial charge in [-0.2, -0.15) is 0 Å². The first-order valence-corrected chi connectivity index (χ1v) is 4.92. The predicted octanol–water partition coefficient (Wildman–Crippen LogP) is 0.0614. The highest BCUT2D eigenvalue weighted by Gasteiger charge is 2.35. The molecule has 0 spiro atoms. The minimum absolute atomic E-state index is 0.0700. The van der Waals surface area contributed by atoms with Crippen LogP contribution >= 0.6 is 0 Å². The summed E-state index contributed by atoms with van der Waals surface area (Å²) in [4.78, 5) is 26.8. The Morgan fingerprint density at radius 3 is 3.27 bits per heavy atom. The average Bonchev–Trinajstić information content (AvgIpc) is 2.75. The van der Waals surface area contributed by atoms with Crippen molar-refractivity contribution in [3.63, 3.8) is 0 Å². The number of nitrogens with zero attached hydrogens (tertiary/aromatic N) is 4. The average molecular weight is 205 g/mol. The molecule has 0 radical (unpaired) electrons. The Labute approximate surface area is 86.6 Å². The van der Waals surface area contributed by atoms with Crippen molar-refractivity contribution >= 4 is 17.7 Å². The van der Waals surface area contributed by atoms with Gasteiger partial charge in [0.2, 0.25) is 5.96 Å². The summed E-state index contributed by atoms with van der Waals surface area (Å²) in [6, 6.07) is 0. The van der Waals surface area contributed by atoms with E-state index in [1.54, 1.807) is 18.3 Å². The van der Waals surface area contributed by atoms with E-state index in [4.69, 9.17) is 0 Å². The van der Waals surface area contributed by atoms with Crippen molar-refractivity contribution in [1.82, 2.24) is 14.9 Å². The minimum Gasteiger partial charge on any atom is -0.339 e. The molecule has 0 bridgehead atoms. The van der Waals surface area contributed by atoms with Crippen LogP contribution < -0.4 is 4.90 Å². The van der Waals surface area contributed by atoms with E-state index >= 15 is 0 Å². The zero-order valence-electron chi connectivity index (χ0n) is 8.40. The molecule has 1 aromatic rings. The van der Waals surface area contributed by atoms with Crippen LogP contribution in [0.2, 0.25) is 0 Å². The number of guanidine groups is 1. The van der Waals surface area contributed by atoms with Gasteiger partial charge in [0.15, 0.2) is 5.82 Å². The van der Waals surface area contributed by atoms with Gasteiger partial charge in [-0.25, -0.2) is 4.98 Å². The molecule has 78 valence electrons. The molecular formula is C9H11N5O. The lowest BCUT2D eigenvalue weighted by atomic mass is 10.2. The second-order valence-electron chi connectivity index (χ2n) is 3.65. The van der Waals surface area contributed by atoms with E-state index in [0.29, 0.717) is 17.5 Å². The van der Waals surface area contributed by atoms with Crippen LogP contribution in [0.3, 0.4) is 0 Å².